The summed E-state index contributed by atoms with van der Waals surface area (Å²) in [6, 6.07) is -0.298. The lowest BCUT2D eigenvalue weighted by molar-refractivity contribution is -0.154. The van der Waals surface area contributed by atoms with Crippen molar-refractivity contribution in [3.63, 3.8) is 0 Å². The molecule has 0 saturated heterocycles. The number of amides is 1. The van der Waals surface area contributed by atoms with E-state index >= 15 is 0 Å². The summed E-state index contributed by atoms with van der Waals surface area (Å²) in [5.41, 5.74) is 0.822. The molecule has 0 radical (unpaired) electrons. The van der Waals surface area contributed by atoms with Crippen LogP contribution in [0.3, 0.4) is 0 Å². The molecule has 1 N–H and O–H groups in total. The molecular formula is C31H71N3O3. The Morgan fingerprint density at radius 1 is 1.03 bits per heavy atom. The fraction of sp³-hybridized carbons (Fsp3) is 0.710. The molecule has 0 aromatic carbocycles. The van der Waals surface area contributed by atoms with Crippen molar-refractivity contribution in [2.24, 2.45) is 10.8 Å². The average molecular weight is 534 g/mol. The van der Waals surface area contributed by atoms with Crippen molar-refractivity contribution >= 4 is 12.0 Å². The van der Waals surface area contributed by atoms with Crippen LogP contribution in [0.5, 0.6) is 0 Å². The molecule has 6 nitrogen and oxygen atoms in total. The molecule has 1 unspecified atom stereocenters. The summed E-state index contributed by atoms with van der Waals surface area (Å²) < 4.78 is 6.74. The molecule has 1 rings (SSSR count). The second kappa shape index (κ2) is 28.2. The molecule has 0 fully saturated rings. The molecule has 37 heavy (non-hydrogen) atoms. The molecule has 0 bridgehead atoms. The van der Waals surface area contributed by atoms with E-state index in [0.717, 1.165) is 12.8 Å². The Bertz CT molecular complexity index is 680. The summed E-state index contributed by atoms with van der Waals surface area (Å²) in [6.07, 6.45) is 12.0. The van der Waals surface area contributed by atoms with Crippen LogP contribution in [0.25, 0.3) is 0 Å². The first-order chi connectivity index (χ1) is 13.1. The van der Waals surface area contributed by atoms with Gasteiger partial charge in [0.05, 0.1) is 12.0 Å². The SMILES string of the molecule is C.C.C.C.C.C.C.C.C.C=CC(C)(C)CCC(C)=CCC(C)(CC)C(=O)OCCNC(=O)n1ccnc1. The fourth-order valence-electron chi connectivity index (χ4n) is 2.44. The lowest BCUT2D eigenvalue weighted by Crippen LogP contribution is -2.34. The van der Waals surface area contributed by atoms with Crippen molar-refractivity contribution in [1.29, 1.82) is 0 Å². The van der Waals surface area contributed by atoms with Crippen LogP contribution in [0.15, 0.2) is 43.0 Å². The number of allylic oxidation sites excluding steroid dienone is 3. The van der Waals surface area contributed by atoms with Crippen molar-refractivity contribution in [2.45, 2.75) is 127 Å². The molecule has 6 heteroatoms. The minimum Gasteiger partial charge on any atom is -0.463 e. The number of carbonyl (C=O) groups excluding carboxylic acids is 2. The Hall–Kier alpha value is -2.37. The summed E-state index contributed by atoms with van der Waals surface area (Å²) >= 11 is 0. The van der Waals surface area contributed by atoms with Crippen LogP contribution in [-0.2, 0) is 9.53 Å². The van der Waals surface area contributed by atoms with Gasteiger partial charge >= 0.3 is 12.0 Å². The van der Waals surface area contributed by atoms with Crippen LogP contribution in [-0.4, -0.2) is 34.7 Å². The molecule has 0 aliphatic rings. The third kappa shape index (κ3) is 21.4. The third-order valence-corrected chi connectivity index (χ3v) is 5.24. The summed E-state index contributed by atoms with van der Waals surface area (Å²) in [5, 5.41) is 2.68. The molecule has 1 atom stereocenters. The maximum atomic E-state index is 12.6. The summed E-state index contributed by atoms with van der Waals surface area (Å²) in [6.45, 7) is 14.7. The Morgan fingerprint density at radius 2 is 1.57 bits per heavy atom. The highest BCUT2D eigenvalue weighted by atomic mass is 16.5. The largest absolute Gasteiger partial charge is 0.463 e. The zero-order valence-corrected chi connectivity index (χ0v) is 18.0. The van der Waals surface area contributed by atoms with Gasteiger partial charge in [0.2, 0.25) is 0 Å². The second-order valence-electron chi connectivity index (χ2n) is 8.20. The van der Waals surface area contributed by atoms with E-state index in [1.54, 1.807) is 6.20 Å². The van der Waals surface area contributed by atoms with E-state index in [4.69, 9.17) is 4.74 Å². The standard InChI is InChI=1S/C22H35N3O3.9CH4/c1-7-21(4,5)11-9-18(3)10-12-22(6,8-2)19(26)28-16-14-24-20(27)25-15-13-23-17-25;;;;;;;;;/h7,10,13,15,17H,1,8-9,11-12,14,16H2,2-6H3,(H,24,27);9*1H4. The third-order valence-electron chi connectivity index (χ3n) is 5.24. The number of esters is 1. The first-order valence-electron chi connectivity index (χ1n) is 9.86. The number of aromatic nitrogens is 2. The van der Waals surface area contributed by atoms with Crippen LogP contribution >= 0.6 is 0 Å². The molecule has 0 aliphatic heterocycles. The Kier molecular flexibility index (Phi) is 45.5. The highest BCUT2D eigenvalue weighted by Crippen LogP contribution is 2.30. The molecule has 0 spiro atoms. The number of imidazole rings is 1. The van der Waals surface area contributed by atoms with Crippen molar-refractivity contribution in [1.82, 2.24) is 14.9 Å². The van der Waals surface area contributed by atoms with Gasteiger partial charge in [-0.3, -0.25) is 9.36 Å². The van der Waals surface area contributed by atoms with Gasteiger partial charge in [0.15, 0.2) is 0 Å². The first-order valence-corrected chi connectivity index (χ1v) is 9.86. The summed E-state index contributed by atoms with van der Waals surface area (Å²) in [5.74, 6) is -0.234. The maximum absolute atomic E-state index is 12.6. The predicted octanol–water partition coefficient (Wildman–Crippen LogP) is 10.5. The van der Waals surface area contributed by atoms with Crippen LogP contribution in [0.4, 0.5) is 4.79 Å². The van der Waals surface area contributed by atoms with Gasteiger partial charge in [0, 0.05) is 12.4 Å². The van der Waals surface area contributed by atoms with Crippen LogP contribution in [0, 0.1) is 10.8 Å². The van der Waals surface area contributed by atoms with E-state index in [-0.39, 0.29) is 97.4 Å². The van der Waals surface area contributed by atoms with E-state index < -0.39 is 5.41 Å². The molecular weight excluding hydrogens is 462 g/mol. The van der Waals surface area contributed by atoms with Gasteiger partial charge in [-0.2, -0.15) is 0 Å². The topological polar surface area (TPSA) is 73.2 Å². The number of nitrogens with zero attached hydrogens (tertiary/aromatic N) is 2. The van der Waals surface area contributed by atoms with Crippen molar-refractivity contribution in [2.75, 3.05) is 13.2 Å². The number of rotatable bonds is 11. The minimum absolute atomic E-state index is 0. The van der Waals surface area contributed by atoms with Crippen LogP contribution in [0.1, 0.15) is 127 Å². The number of carbonyl (C=O) groups is 2. The quantitative estimate of drug-likeness (QED) is 0.174. The van der Waals surface area contributed by atoms with Crippen molar-refractivity contribution in [3.05, 3.63) is 43.0 Å². The normalized spacial score (nSPS) is 10.8. The number of hydrogen-bond acceptors (Lipinski definition) is 4. The van der Waals surface area contributed by atoms with E-state index in [9.17, 15) is 9.59 Å². The zero-order valence-electron chi connectivity index (χ0n) is 18.0. The molecule has 1 amide bonds. The summed E-state index contributed by atoms with van der Waals surface area (Å²) in [7, 11) is 0. The lowest BCUT2D eigenvalue weighted by Gasteiger charge is -2.25. The molecule has 228 valence electrons. The highest BCUT2D eigenvalue weighted by molar-refractivity contribution is 5.77. The highest BCUT2D eigenvalue weighted by Gasteiger charge is 2.32. The molecule has 0 aliphatic carbocycles. The van der Waals surface area contributed by atoms with Gasteiger partial charge in [-0.25, -0.2) is 9.78 Å². The number of ether oxygens (including phenoxy) is 1. The molecule has 0 saturated carbocycles. The monoisotopic (exact) mass is 534 g/mol. The molecule has 1 heterocycles. The maximum Gasteiger partial charge on any atom is 0.326 e. The number of nitrogens with one attached hydrogen (secondary N) is 1. The van der Waals surface area contributed by atoms with Gasteiger partial charge in [0.25, 0.3) is 0 Å². The van der Waals surface area contributed by atoms with Gasteiger partial charge < -0.3 is 10.1 Å². The van der Waals surface area contributed by atoms with Gasteiger partial charge in [-0.05, 0) is 44.9 Å². The van der Waals surface area contributed by atoms with E-state index in [1.165, 1.54) is 22.7 Å². The van der Waals surface area contributed by atoms with Crippen molar-refractivity contribution < 1.29 is 14.3 Å². The smallest absolute Gasteiger partial charge is 0.326 e. The van der Waals surface area contributed by atoms with Gasteiger partial charge in [0.1, 0.15) is 12.9 Å². The zero-order chi connectivity index (χ0) is 21.2. The number of hydrogen-bond donors (Lipinski definition) is 1. The van der Waals surface area contributed by atoms with Gasteiger partial charge in [-0.15, -0.1) is 6.58 Å². The second-order valence-corrected chi connectivity index (χ2v) is 8.20. The van der Waals surface area contributed by atoms with E-state index in [1.807, 2.05) is 19.9 Å². The fourth-order valence-corrected chi connectivity index (χ4v) is 2.44. The van der Waals surface area contributed by atoms with Crippen LogP contribution in [0.2, 0.25) is 0 Å². The Balaban J connectivity index is -0.000000124. The molecule has 1 aromatic rings. The van der Waals surface area contributed by atoms with E-state index in [0.29, 0.717) is 12.8 Å². The summed E-state index contributed by atoms with van der Waals surface area (Å²) in [4.78, 5) is 28.2. The predicted molar refractivity (Wildman–Crippen MR) is 173 cm³/mol. The minimum atomic E-state index is -0.566. The average Bonchev–Trinajstić information content (AvgIpc) is 3.22. The van der Waals surface area contributed by atoms with Crippen molar-refractivity contribution in [3.8, 4) is 0 Å². The van der Waals surface area contributed by atoms with Gasteiger partial charge in [-0.1, -0.05) is 105 Å². The van der Waals surface area contributed by atoms with Crippen LogP contribution < -0.4 is 5.32 Å². The first kappa shape index (κ1) is 59.6. The Labute approximate surface area is 235 Å². The van der Waals surface area contributed by atoms with E-state index in [2.05, 4.69) is 43.7 Å². The Morgan fingerprint density at radius 3 is 2.00 bits per heavy atom. The lowest BCUT2D eigenvalue weighted by atomic mass is 9.82. The molecule has 1 aromatic heterocycles.